The lowest BCUT2D eigenvalue weighted by atomic mass is 10.1. The Morgan fingerprint density at radius 1 is 0.895 bits per heavy atom. The predicted molar refractivity (Wildman–Crippen MR) is 152 cm³/mol. The van der Waals surface area contributed by atoms with Crippen molar-refractivity contribution in [3.8, 4) is 0 Å². The van der Waals surface area contributed by atoms with Crippen molar-refractivity contribution >= 4 is 50.7 Å². The molecule has 10 heteroatoms. The van der Waals surface area contributed by atoms with Crippen molar-refractivity contribution in [3.63, 3.8) is 0 Å². The molecule has 0 saturated carbocycles. The molecular formula is C28H31Cl2N3O4S. The molecule has 0 aliphatic carbocycles. The quantitative estimate of drug-likeness (QED) is 0.376. The van der Waals surface area contributed by atoms with Crippen LogP contribution in [0.3, 0.4) is 0 Å². The maximum Gasteiger partial charge on any atom is 0.264 e. The van der Waals surface area contributed by atoms with Gasteiger partial charge in [-0.3, -0.25) is 13.9 Å². The summed E-state index contributed by atoms with van der Waals surface area (Å²) in [5.74, 6) is -0.944. The van der Waals surface area contributed by atoms with Crippen molar-refractivity contribution in [2.24, 2.45) is 0 Å². The summed E-state index contributed by atoms with van der Waals surface area (Å²) in [4.78, 5) is 27.8. The van der Waals surface area contributed by atoms with Crippen LogP contribution in [-0.2, 0) is 26.2 Å². The zero-order chi connectivity index (χ0) is 28.2. The molecule has 1 atom stereocenters. The van der Waals surface area contributed by atoms with Gasteiger partial charge in [0.2, 0.25) is 11.8 Å². The van der Waals surface area contributed by atoms with Crippen LogP contribution in [0.1, 0.15) is 29.2 Å². The Morgan fingerprint density at radius 2 is 1.53 bits per heavy atom. The third kappa shape index (κ3) is 6.67. The number of sulfonamides is 1. The van der Waals surface area contributed by atoms with Crippen LogP contribution in [0, 0.1) is 20.8 Å². The second kappa shape index (κ2) is 12.2. The maximum atomic E-state index is 13.9. The molecule has 2 amide bonds. The van der Waals surface area contributed by atoms with E-state index in [4.69, 9.17) is 23.2 Å². The number of aryl methyl sites for hydroxylation is 3. The maximum absolute atomic E-state index is 13.9. The van der Waals surface area contributed by atoms with E-state index in [0.717, 1.165) is 15.4 Å². The van der Waals surface area contributed by atoms with Gasteiger partial charge in [0.25, 0.3) is 10.0 Å². The summed E-state index contributed by atoms with van der Waals surface area (Å²) >= 11 is 12.2. The van der Waals surface area contributed by atoms with Gasteiger partial charge in [0, 0.05) is 13.6 Å². The summed E-state index contributed by atoms with van der Waals surface area (Å²) < 4.78 is 28.9. The number of hydrogen-bond donors (Lipinski definition) is 1. The highest BCUT2D eigenvalue weighted by Gasteiger charge is 2.33. The lowest BCUT2D eigenvalue weighted by molar-refractivity contribution is -0.139. The van der Waals surface area contributed by atoms with Crippen molar-refractivity contribution in [3.05, 3.63) is 93.0 Å². The molecule has 0 aliphatic rings. The number of likely N-dealkylation sites (N-methyl/N-ethyl adjacent to an activating group) is 1. The molecule has 7 nitrogen and oxygen atoms in total. The van der Waals surface area contributed by atoms with Gasteiger partial charge in [0.15, 0.2) is 0 Å². The Hall–Kier alpha value is -3.07. The van der Waals surface area contributed by atoms with Crippen LogP contribution in [0.5, 0.6) is 0 Å². The number of amides is 2. The minimum Gasteiger partial charge on any atom is -0.357 e. The van der Waals surface area contributed by atoms with Crippen LogP contribution in [0.15, 0.2) is 65.6 Å². The molecule has 0 spiro atoms. The third-order valence-corrected chi connectivity index (χ3v) is 8.77. The van der Waals surface area contributed by atoms with Gasteiger partial charge in [-0.15, -0.1) is 0 Å². The standard InChI is InChI=1S/C28H31Cl2N3O4S/c1-18-6-10-23(11-7-18)38(36,37)33(26-13-8-19(2)14-20(26)3)17-27(34)32(21(4)28(35)31-5)16-22-9-12-24(29)25(30)15-22/h6-15,21H,16-17H2,1-5H3,(H,31,35)/t21-/m0/s1. The van der Waals surface area contributed by atoms with Gasteiger partial charge in [0.05, 0.1) is 20.6 Å². The molecule has 0 fully saturated rings. The van der Waals surface area contributed by atoms with Gasteiger partial charge in [-0.2, -0.15) is 0 Å². The molecule has 38 heavy (non-hydrogen) atoms. The molecule has 0 saturated heterocycles. The van der Waals surface area contributed by atoms with Crippen LogP contribution in [0.25, 0.3) is 0 Å². The summed E-state index contributed by atoms with van der Waals surface area (Å²) in [5.41, 5.74) is 3.59. The number of halogens is 2. The topological polar surface area (TPSA) is 86.8 Å². The van der Waals surface area contributed by atoms with E-state index >= 15 is 0 Å². The van der Waals surface area contributed by atoms with Gasteiger partial charge in [0.1, 0.15) is 12.6 Å². The first-order valence-corrected chi connectivity index (χ1v) is 14.2. The van der Waals surface area contributed by atoms with E-state index in [1.54, 1.807) is 56.3 Å². The zero-order valence-electron chi connectivity index (χ0n) is 22.0. The van der Waals surface area contributed by atoms with E-state index in [9.17, 15) is 18.0 Å². The fraction of sp³-hybridized carbons (Fsp3) is 0.286. The molecule has 0 aromatic heterocycles. The Balaban J connectivity index is 2.07. The first-order chi connectivity index (χ1) is 17.8. The number of nitrogens with zero attached hydrogens (tertiary/aromatic N) is 2. The van der Waals surface area contributed by atoms with E-state index in [-0.39, 0.29) is 11.4 Å². The average Bonchev–Trinajstić information content (AvgIpc) is 2.87. The Kier molecular flexibility index (Phi) is 9.46. The molecule has 0 bridgehead atoms. The zero-order valence-corrected chi connectivity index (χ0v) is 24.3. The van der Waals surface area contributed by atoms with Crippen LogP contribution >= 0.6 is 23.2 Å². The summed E-state index contributed by atoms with van der Waals surface area (Å²) in [6, 6.07) is 15.8. The SMILES string of the molecule is CNC(=O)[C@H](C)N(Cc1ccc(Cl)c(Cl)c1)C(=O)CN(c1ccc(C)cc1C)S(=O)(=O)c1ccc(C)cc1. The first-order valence-electron chi connectivity index (χ1n) is 12.0. The average molecular weight is 577 g/mol. The molecule has 3 rings (SSSR count). The third-order valence-electron chi connectivity index (χ3n) is 6.26. The molecule has 1 N–H and O–H groups in total. The van der Waals surface area contributed by atoms with E-state index in [0.29, 0.717) is 26.9 Å². The normalized spacial score (nSPS) is 12.1. The molecule has 0 unspecified atom stereocenters. The highest BCUT2D eigenvalue weighted by atomic mass is 35.5. The number of rotatable bonds is 9. The van der Waals surface area contributed by atoms with Gasteiger partial charge in [-0.25, -0.2) is 8.42 Å². The van der Waals surface area contributed by atoms with Crippen LogP contribution < -0.4 is 9.62 Å². The van der Waals surface area contributed by atoms with Gasteiger partial charge in [-0.05, 0) is 69.2 Å². The van der Waals surface area contributed by atoms with Crippen LogP contribution in [0.4, 0.5) is 5.69 Å². The van der Waals surface area contributed by atoms with E-state index in [2.05, 4.69) is 5.32 Å². The van der Waals surface area contributed by atoms with Crippen molar-refractivity contribution in [1.29, 1.82) is 0 Å². The Morgan fingerprint density at radius 3 is 2.11 bits per heavy atom. The highest BCUT2D eigenvalue weighted by Crippen LogP contribution is 2.29. The van der Waals surface area contributed by atoms with Crippen molar-refractivity contribution in [1.82, 2.24) is 10.2 Å². The summed E-state index contributed by atoms with van der Waals surface area (Å²) in [6.07, 6.45) is 0. The molecule has 0 radical (unpaired) electrons. The molecular weight excluding hydrogens is 545 g/mol. The molecule has 0 aliphatic heterocycles. The number of carbonyl (C=O) groups excluding carboxylic acids is 2. The molecule has 0 heterocycles. The fourth-order valence-electron chi connectivity index (χ4n) is 4.06. The summed E-state index contributed by atoms with van der Waals surface area (Å²) in [6.45, 7) is 6.67. The number of hydrogen-bond acceptors (Lipinski definition) is 4. The molecule has 202 valence electrons. The Bertz CT molecular complexity index is 1440. The smallest absolute Gasteiger partial charge is 0.264 e. The second-order valence-corrected chi connectivity index (χ2v) is 11.9. The van der Waals surface area contributed by atoms with Gasteiger partial charge >= 0.3 is 0 Å². The monoisotopic (exact) mass is 575 g/mol. The van der Waals surface area contributed by atoms with Crippen molar-refractivity contribution in [2.75, 3.05) is 17.9 Å². The minimum absolute atomic E-state index is 0.0234. The van der Waals surface area contributed by atoms with Crippen LogP contribution in [0.2, 0.25) is 10.0 Å². The minimum atomic E-state index is -4.12. The summed E-state index contributed by atoms with van der Waals surface area (Å²) in [7, 11) is -2.65. The number of carbonyl (C=O) groups is 2. The van der Waals surface area contributed by atoms with Crippen LogP contribution in [-0.4, -0.2) is 44.8 Å². The van der Waals surface area contributed by atoms with E-state index in [1.165, 1.54) is 24.1 Å². The molecule has 3 aromatic carbocycles. The molecule has 3 aromatic rings. The van der Waals surface area contributed by atoms with Gasteiger partial charge < -0.3 is 10.2 Å². The van der Waals surface area contributed by atoms with Crippen molar-refractivity contribution in [2.45, 2.75) is 45.2 Å². The van der Waals surface area contributed by atoms with E-state index < -0.39 is 34.4 Å². The number of anilines is 1. The number of nitrogens with one attached hydrogen (secondary N) is 1. The summed E-state index contributed by atoms with van der Waals surface area (Å²) in [5, 5.41) is 3.22. The largest absolute Gasteiger partial charge is 0.357 e. The lowest BCUT2D eigenvalue weighted by Crippen LogP contribution is -2.50. The predicted octanol–water partition coefficient (Wildman–Crippen LogP) is 5.28. The Labute approximate surface area is 234 Å². The fourth-order valence-corrected chi connectivity index (χ4v) is 5.86. The van der Waals surface area contributed by atoms with E-state index in [1.807, 2.05) is 19.9 Å². The van der Waals surface area contributed by atoms with Crippen molar-refractivity contribution < 1.29 is 18.0 Å². The highest BCUT2D eigenvalue weighted by molar-refractivity contribution is 7.92. The van der Waals surface area contributed by atoms with Gasteiger partial charge in [-0.1, -0.05) is 64.7 Å². The number of benzene rings is 3. The lowest BCUT2D eigenvalue weighted by Gasteiger charge is -2.32. The first kappa shape index (κ1) is 29.5. The second-order valence-electron chi connectivity index (χ2n) is 9.17.